The average molecular weight is 305 g/mol. The van der Waals surface area contributed by atoms with E-state index in [1.165, 1.54) is 6.92 Å². The van der Waals surface area contributed by atoms with E-state index in [2.05, 4.69) is 10.3 Å². The number of nitrogens with one attached hydrogen (secondary N) is 1. The van der Waals surface area contributed by atoms with Gasteiger partial charge < -0.3 is 15.0 Å². The highest BCUT2D eigenvalue weighted by Crippen LogP contribution is 2.10. The van der Waals surface area contributed by atoms with Gasteiger partial charge in [0.2, 0.25) is 11.8 Å². The molecule has 1 aromatic heterocycles. The maximum Gasteiger partial charge on any atom is 0.221 e. The normalized spacial score (nSPS) is 17.2. The van der Waals surface area contributed by atoms with Crippen LogP contribution >= 0.6 is 0 Å². The van der Waals surface area contributed by atoms with E-state index in [1.807, 2.05) is 12.1 Å². The van der Waals surface area contributed by atoms with Gasteiger partial charge in [0.05, 0.1) is 6.10 Å². The molecule has 1 atom stereocenters. The van der Waals surface area contributed by atoms with Crippen molar-refractivity contribution in [2.45, 2.75) is 38.8 Å². The smallest absolute Gasteiger partial charge is 0.221 e. The van der Waals surface area contributed by atoms with E-state index in [9.17, 15) is 9.59 Å². The predicted molar refractivity (Wildman–Crippen MR) is 81.9 cm³/mol. The second-order valence-corrected chi connectivity index (χ2v) is 5.49. The number of ether oxygens (including phenoxy) is 1. The molecule has 1 aromatic rings. The first-order valence-corrected chi connectivity index (χ1v) is 7.68. The first kappa shape index (κ1) is 16.4. The second kappa shape index (κ2) is 8.48. The van der Waals surface area contributed by atoms with Gasteiger partial charge in [0.25, 0.3) is 0 Å². The van der Waals surface area contributed by atoms with E-state index in [0.717, 1.165) is 25.0 Å². The largest absolute Gasteiger partial charge is 0.376 e. The van der Waals surface area contributed by atoms with E-state index in [4.69, 9.17) is 4.74 Å². The Balaban J connectivity index is 1.73. The van der Waals surface area contributed by atoms with Gasteiger partial charge in [-0.2, -0.15) is 0 Å². The Morgan fingerprint density at radius 1 is 1.50 bits per heavy atom. The van der Waals surface area contributed by atoms with Crippen LogP contribution in [0.5, 0.6) is 0 Å². The number of aromatic nitrogens is 1. The lowest BCUT2D eigenvalue weighted by Gasteiger charge is -2.21. The molecule has 2 rings (SSSR count). The van der Waals surface area contributed by atoms with E-state index in [-0.39, 0.29) is 17.9 Å². The lowest BCUT2D eigenvalue weighted by Crippen LogP contribution is -2.36. The van der Waals surface area contributed by atoms with Crippen molar-refractivity contribution >= 4 is 11.8 Å². The van der Waals surface area contributed by atoms with Crippen molar-refractivity contribution < 1.29 is 14.3 Å². The summed E-state index contributed by atoms with van der Waals surface area (Å²) in [5.74, 6) is -0.0938. The summed E-state index contributed by atoms with van der Waals surface area (Å²) in [6.07, 6.45) is 5.92. The molecule has 2 heterocycles. The molecular weight excluding hydrogens is 282 g/mol. The van der Waals surface area contributed by atoms with Gasteiger partial charge in [0.15, 0.2) is 0 Å². The zero-order valence-electron chi connectivity index (χ0n) is 13.0. The summed E-state index contributed by atoms with van der Waals surface area (Å²) in [5, 5.41) is 2.87. The molecule has 1 N–H and O–H groups in total. The van der Waals surface area contributed by atoms with Gasteiger partial charge in [-0.15, -0.1) is 0 Å². The van der Waals surface area contributed by atoms with Crippen molar-refractivity contribution in [3.05, 3.63) is 30.1 Å². The van der Waals surface area contributed by atoms with Crippen LogP contribution in [0.1, 0.15) is 31.7 Å². The SMILES string of the molecule is CC(=O)N(CCC(=O)NCC1CCCO1)Cc1cccnc1. The second-order valence-electron chi connectivity index (χ2n) is 5.49. The standard InChI is InChI=1S/C16H23N3O3/c1-13(20)19(12-14-4-2-7-17-10-14)8-6-16(21)18-11-15-5-3-9-22-15/h2,4,7,10,15H,3,5-6,8-9,11-12H2,1H3,(H,18,21). The number of pyridine rings is 1. The van der Waals surface area contributed by atoms with E-state index >= 15 is 0 Å². The fourth-order valence-electron chi connectivity index (χ4n) is 2.42. The Morgan fingerprint density at radius 3 is 3.00 bits per heavy atom. The Labute approximate surface area is 130 Å². The minimum absolute atomic E-state index is 0.0456. The molecule has 1 unspecified atom stereocenters. The van der Waals surface area contributed by atoms with Crippen molar-refractivity contribution in [3.63, 3.8) is 0 Å². The molecule has 0 radical (unpaired) electrons. The monoisotopic (exact) mass is 305 g/mol. The highest BCUT2D eigenvalue weighted by atomic mass is 16.5. The molecule has 0 spiro atoms. The van der Waals surface area contributed by atoms with Crippen LogP contribution in [-0.4, -0.2) is 47.5 Å². The fourth-order valence-corrected chi connectivity index (χ4v) is 2.42. The van der Waals surface area contributed by atoms with Crippen molar-refractivity contribution in [2.75, 3.05) is 19.7 Å². The summed E-state index contributed by atoms with van der Waals surface area (Å²) in [5.41, 5.74) is 0.956. The number of carbonyl (C=O) groups excluding carboxylic acids is 2. The van der Waals surface area contributed by atoms with E-state index in [0.29, 0.717) is 26.1 Å². The third kappa shape index (κ3) is 5.44. The van der Waals surface area contributed by atoms with Crippen LogP contribution in [0.3, 0.4) is 0 Å². The van der Waals surface area contributed by atoms with E-state index < -0.39 is 0 Å². The van der Waals surface area contributed by atoms with Gasteiger partial charge >= 0.3 is 0 Å². The lowest BCUT2D eigenvalue weighted by atomic mass is 10.2. The first-order chi connectivity index (χ1) is 10.6. The molecule has 6 heteroatoms. The van der Waals surface area contributed by atoms with Gasteiger partial charge in [-0.25, -0.2) is 0 Å². The van der Waals surface area contributed by atoms with Gasteiger partial charge in [-0.3, -0.25) is 14.6 Å². The van der Waals surface area contributed by atoms with Gasteiger partial charge in [0, 0.05) is 52.0 Å². The average Bonchev–Trinajstić information content (AvgIpc) is 3.03. The third-order valence-corrected chi connectivity index (χ3v) is 3.70. The van der Waals surface area contributed by atoms with E-state index in [1.54, 1.807) is 17.3 Å². The molecule has 1 aliphatic heterocycles. The molecule has 0 bridgehead atoms. The topological polar surface area (TPSA) is 71.5 Å². The van der Waals surface area contributed by atoms with Crippen LogP contribution in [-0.2, 0) is 20.9 Å². The Bertz CT molecular complexity index is 487. The van der Waals surface area contributed by atoms with Gasteiger partial charge in [-0.05, 0) is 24.5 Å². The van der Waals surface area contributed by atoms with Crippen LogP contribution in [0.15, 0.2) is 24.5 Å². The molecule has 120 valence electrons. The van der Waals surface area contributed by atoms with Crippen LogP contribution in [0.25, 0.3) is 0 Å². The molecule has 1 fully saturated rings. The first-order valence-electron chi connectivity index (χ1n) is 7.68. The van der Waals surface area contributed by atoms with Crippen LogP contribution < -0.4 is 5.32 Å². The predicted octanol–water partition coefficient (Wildman–Crippen LogP) is 1.12. The maximum atomic E-state index is 11.9. The number of amides is 2. The van der Waals surface area contributed by atoms with Gasteiger partial charge in [0.1, 0.15) is 0 Å². The molecule has 0 aliphatic carbocycles. The fraction of sp³-hybridized carbons (Fsp3) is 0.562. The van der Waals surface area contributed by atoms with Crippen molar-refractivity contribution in [1.29, 1.82) is 0 Å². The molecule has 1 saturated heterocycles. The third-order valence-electron chi connectivity index (χ3n) is 3.70. The molecule has 2 amide bonds. The van der Waals surface area contributed by atoms with Crippen LogP contribution in [0, 0.1) is 0 Å². The number of hydrogen-bond donors (Lipinski definition) is 1. The lowest BCUT2D eigenvalue weighted by molar-refractivity contribution is -0.130. The van der Waals surface area contributed by atoms with Crippen LogP contribution in [0.2, 0.25) is 0 Å². The molecule has 6 nitrogen and oxygen atoms in total. The van der Waals surface area contributed by atoms with Gasteiger partial charge in [-0.1, -0.05) is 6.07 Å². The quantitative estimate of drug-likeness (QED) is 0.819. The Morgan fingerprint density at radius 2 is 2.36 bits per heavy atom. The minimum Gasteiger partial charge on any atom is -0.376 e. The molecule has 0 aromatic carbocycles. The number of hydrogen-bond acceptors (Lipinski definition) is 4. The zero-order valence-corrected chi connectivity index (χ0v) is 13.0. The number of rotatable bonds is 7. The summed E-state index contributed by atoms with van der Waals surface area (Å²) >= 11 is 0. The molecule has 22 heavy (non-hydrogen) atoms. The van der Waals surface area contributed by atoms with Crippen molar-refractivity contribution in [3.8, 4) is 0 Å². The highest BCUT2D eigenvalue weighted by Gasteiger charge is 2.17. The zero-order chi connectivity index (χ0) is 15.8. The molecule has 1 aliphatic rings. The van der Waals surface area contributed by atoms with Crippen molar-refractivity contribution in [2.24, 2.45) is 0 Å². The summed E-state index contributed by atoms with van der Waals surface area (Å²) in [6.45, 7) is 3.73. The Kier molecular flexibility index (Phi) is 6.33. The summed E-state index contributed by atoms with van der Waals surface area (Å²) in [6, 6.07) is 3.75. The Hall–Kier alpha value is -1.95. The summed E-state index contributed by atoms with van der Waals surface area (Å²) in [4.78, 5) is 29.2. The number of nitrogens with zero attached hydrogens (tertiary/aromatic N) is 2. The molecular formula is C16H23N3O3. The minimum atomic E-state index is -0.0482. The molecule has 0 saturated carbocycles. The maximum absolute atomic E-state index is 11.9. The number of carbonyl (C=O) groups is 2. The summed E-state index contributed by atoms with van der Waals surface area (Å²) < 4.78 is 5.46. The van der Waals surface area contributed by atoms with Crippen molar-refractivity contribution in [1.82, 2.24) is 15.2 Å². The summed E-state index contributed by atoms with van der Waals surface area (Å²) in [7, 11) is 0. The highest BCUT2D eigenvalue weighted by molar-refractivity contribution is 5.78. The van der Waals surface area contributed by atoms with Crippen LogP contribution in [0.4, 0.5) is 0 Å².